The Bertz CT molecular complexity index is 1160. The predicted molar refractivity (Wildman–Crippen MR) is 117 cm³/mol. The molecule has 0 aliphatic heterocycles. The molecule has 2 N–H and O–H groups in total. The summed E-state index contributed by atoms with van der Waals surface area (Å²) in [7, 11) is 1.33. The van der Waals surface area contributed by atoms with Crippen molar-refractivity contribution >= 4 is 23.8 Å². The van der Waals surface area contributed by atoms with Crippen LogP contribution in [0.2, 0.25) is 0 Å². The van der Waals surface area contributed by atoms with Gasteiger partial charge in [-0.2, -0.15) is 0 Å². The lowest BCUT2D eigenvalue weighted by Gasteiger charge is -2.22. The standard InChI is InChI=1S/C23H22N4O6/c1-3-18(22(29)30)27(2)21(28)19-20(26-33-25-19)24-23(31)32-12-17-15-10-6-4-8-13(15)14-9-5-7-11-16(14)17/h4-11,17-18H,3,12H2,1-2H3,(H,29,30)(H,24,26,31). The number of ether oxygens (including phenoxy) is 1. The van der Waals surface area contributed by atoms with E-state index in [1.807, 2.05) is 48.5 Å². The highest BCUT2D eigenvalue weighted by molar-refractivity contribution is 6.01. The lowest BCUT2D eigenvalue weighted by molar-refractivity contribution is -0.142. The second kappa shape index (κ2) is 9.11. The highest BCUT2D eigenvalue weighted by atomic mass is 16.6. The van der Waals surface area contributed by atoms with Gasteiger partial charge < -0.3 is 14.7 Å². The Hall–Kier alpha value is -4.21. The van der Waals surface area contributed by atoms with Crippen molar-refractivity contribution in [3.8, 4) is 11.1 Å². The van der Waals surface area contributed by atoms with Gasteiger partial charge in [-0.15, -0.1) is 0 Å². The third-order valence-corrected chi connectivity index (χ3v) is 5.71. The molecule has 10 heteroatoms. The van der Waals surface area contributed by atoms with Gasteiger partial charge in [0.25, 0.3) is 5.91 Å². The van der Waals surface area contributed by atoms with Crippen molar-refractivity contribution in [2.75, 3.05) is 19.0 Å². The SMILES string of the molecule is CCC(C(=O)O)N(C)C(=O)c1nonc1NC(=O)OCC1c2ccccc2-c2ccccc21. The Kier molecular flexibility index (Phi) is 6.07. The Morgan fingerprint density at radius 1 is 1.09 bits per heavy atom. The van der Waals surface area contributed by atoms with E-state index in [9.17, 15) is 19.5 Å². The van der Waals surface area contributed by atoms with Crippen LogP contribution in [0, 0.1) is 0 Å². The van der Waals surface area contributed by atoms with E-state index in [4.69, 9.17) is 4.74 Å². The van der Waals surface area contributed by atoms with Crippen LogP contribution in [0.15, 0.2) is 53.2 Å². The summed E-state index contributed by atoms with van der Waals surface area (Å²) in [5, 5.41) is 18.7. The van der Waals surface area contributed by atoms with E-state index in [0.29, 0.717) is 0 Å². The molecular weight excluding hydrogens is 428 g/mol. The van der Waals surface area contributed by atoms with Gasteiger partial charge in [0.15, 0.2) is 0 Å². The number of carbonyl (C=O) groups is 3. The van der Waals surface area contributed by atoms with Crippen molar-refractivity contribution in [1.29, 1.82) is 0 Å². The highest BCUT2D eigenvalue weighted by Crippen LogP contribution is 2.44. The molecule has 1 heterocycles. The summed E-state index contributed by atoms with van der Waals surface area (Å²) in [5.41, 5.74) is 4.01. The molecule has 10 nitrogen and oxygen atoms in total. The zero-order valence-corrected chi connectivity index (χ0v) is 18.0. The van der Waals surface area contributed by atoms with Gasteiger partial charge in [0, 0.05) is 13.0 Å². The molecule has 0 bridgehead atoms. The summed E-state index contributed by atoms with van der Waals surface area (Å²) < 4.78 is 10.0. The van der Waals surface area contributed by atoms with Gasteiger partial charge >= 0.3 is 12.1 Å². The number of carbonyl (C=O) groups excluding carboxylic acids is 2. The minimum Gasteiger partial charge on any atom is -0.480 e. The van der Waals surface area contributed by atoms with Crippen molar-refractivity contribution in [3.05, 3.63) is 65.4 Å². The van der Waals surface area contributed by atoms with E-state index in [0.717, 1.165) is 27.2 Å². The third kappa shape index (κ3) is 4.14. The summed E-state index contributed by atoms with van der Waals surface area (Å²) in [5.74, 6) is -2.29. The molecule has 33 heavy (non-hydrogen) atoms. The van der Waals surface area contributed by atoms with Crippen molar-refractivity contribution in [2.24, 2.45) is 0 Å². The van der Waals surface area contributed by atoms with Crippen molar-refractivity contribution in [3.63, 3.8) is 0 Å². The molecule has 0 radical (unpaired) electrons. The number of nitrogens with one attached hydrogen (secondary N) is 1. The number of carboxylic acid groups (broad SMARTS) is 1. The highest BCUT2D eigenvalue weighted by Gasteiger charge is 2.32. The molecule has 1 aliphatic rings. The van der Waals surface area contributed by atoms with Crippen LogP contribution in [0.3, 0.4) is 0 Å². The number of amides is 2. The quantitative estimate of drug-likeness (QED) is 0.559. The van der Waals surface area contributed by atoms with Crippen LogP contribution in [-0.4, -0.2) is 58.0 Å². The number of anilines is 1. The number of nitrogens with zero attached hydrogens (tertiary/aromatic N) is 3. The molecule has 0 saturated carbocycles. The Labute approximate surface area is 189 Å². The van der Waals surface area contributed by atoms with Gasteiger partial charge in [0.1, 0.15) is 12.6 Å². The first-order chi connectivity index (χ1) is 15.9. The number of aliphatic carboxylic acids is 1. The smallest absolute Gasteiger partial charge is 0.412 e. The summed E-state index contributed by atoms with van der Waals surface area (Å²) in [4.78, 5) is 37.5. The second-order valence-electron chi connectivity index (χ2n) is 7.59. The Morgan fingerprint density at radius 3 is 2.27 bits per heavy atom. The first-order valence-electron chi connectivity index (χ1n) is 10.4. The van der Waals surface area contributed by atoms with E-state index in [1.165, 1.54) is 7.05 Å². The summed E-state index contributed by atoms with van der Waals surface area (Å²) in [6, 6.07) is 14.8. The van der Waals surface area contributed by atoms with Crippen LogP contribution in [0.5, 0.6) is 0 Å². The normalized spacial score (nSPS) is 13.0. The fourth-order valence-corrected chi connectivity index (χ4v) is 4.06. The molecule has 4 rings (SSSR count). The molecule has 2 aromatic carbocycles. The van der Waals surface area contributed by atoms with Crippen LogP contribution >= 0.6 is 0 Å². The van der Waals surface area contributed by atoms with Crippen LogP contribution in [0.1, 0.15) is 40.9 Å². The van der Waals surface area contributed by atoms with E-state index in [-0.39, 0.29) is 30.5 Å². The minimum atomic E-state index is -1.16. The van der Waals surface area contributed by atoms with Crippen LogP contribution in [0.25, 0.3) is 11.1 Å². The molecule has 0 spiro atoms. The minimum absolute atomic E-state index is 0.0746. The fourth-order valence-electron chi connectivity index (χ4n) is 4.06. The average molecular weight is 450 g/mol. The summed E-state index contributed by atoms with van der Waals surface area (Å²) in [6.45, 7) is 1.71. The van der Waals surface area contributed by atoms with Gasteiger partial charge in [-0.3, -0.25) is 10.1 Å². The predicted octanol–water partition coefficient (Wildman–Crippen LogP) is 3.37. The number of carboxylic acids is 1. The summed E-state index contributed by atoms with van der Waals surface area (Å²) in [6.07, 6.45) is -0.646. The first kappa shape index (κ1) is 22.0. The van der Waals surface area contributed by atoms with Crippen LogP contribution in [-0.2, 0) is 9.53 Å². The van der Waals surface area contributed by atoms with Gasteiger partial charge in [-0.25, -0.2) is 14.2 Å². The largest absolute Gasteiger partial charge is 0.480 e. The monoisotopic (exact) mass is 450 g/mol. The van der Waals surface area contributed by atoms with E-state index < -0.39 is 24.0 Å². The maximum Gasteiger partial charge on any atom is 0.412 e. The fraction of sp³-hybridized carbons (Fsp3) is 0.261. The Balaban J connectivity index is 1.45. The lowest BCUT2D eigenvalue weighted by Crippen LogP contribution is -2.42. The molecule has 1 aliphatic carbocycles. The topological polar surface area (TPSA) is 135 Å². The van der Waals surface area contributed by atoms with Gasteiger partial charge in [0.05, 0.1) is 0 Å². The second-order valence-corrected chi connectivity index (χ2v) is 7.59. The average Bonchev–Trinajstić information content (AvgIpc) is 3.39. The van der Waals surface area contributed by atoms with Crippen LogP contribution in [0.4, 0.5) is 10.6 Å². The van der Waals surface area contributed by atoms with E-state index in [1.54, 1.807) is 6.92 Å². The van der Waals surface area contributed by atoms with Crippen molar-refractivity contribution < 1.29 is 28.9 Å². The Morgan fingerprint density at radius 2 is 1.70 bits per heavy atom. The van der Waals surface area contributed by atoms with E-state index >= 15 is 0 Å². The number of rotatable bonds is 7. The molecule has 1 unspecified atom stereocenters. The lowest BCUT2D eigenvalue weighted by atomic mass is 9.98. The molecule has 3 aromatic rings. The van der Waals surface area contributed by atoms with Crippen molar-refractivity contribution in [1.82, 2.24) is 15.2 Å². The number of benzene rings is 2. The molecule has 1 aromatic heterocycles. The molecule has 2 amide bonds. The van der Waals surface area contributed by atoms with Gasteiger partial charge in [0.2, 0.25) is 11.5 Å². The third-order valence-electron chi connectivity index (χ3n) is 5.71. The first-order valence-corrected chi connectivity index (χ1v) is 10.4. The maximum absolute atomic E-state index is 12.7. The number of likely N-dealkylation sites (N-methyl/N-ethyl adjacent to an activating group) is 1. The number of hydrogen-bond donors (Lipinski definition) is 2. The molecular formula is C23H22N4O6. The molecule has 0 fully saturated rings. The van der Waals surface area contributed by atoms with Gasteiger partial charge in [-0.05, 0) is 39.0 Å². The molecule has 170 valence electrons. The maximum atomic E-state index is 12.7. The van der Waals surface area contributed by atoms with E-state index in [2.05, 4.69) is 20.3 Å². The number of aromatic nitrogens is 2. The van der Waals surface area contributed by atoms with Crippen molar-refractivity contribution in [2.45, 2.75) is 25.3 Å². The zero-order valence-electron chi connectivity index (χ0n) is 18.0. The van der Waals surface area contributed by atoms with Crippen LogP contribution < -0.4 is 5.32 Å². The number of hydrogen-bond acceptors (Lipinski definition) is 7. The number of fused-ring (bicyclic) bond motifs is 3. The van der Waals surface area contributed by atoms with Gasteiger partial charge in [-0.1, -0.05) is 55.5 Å². The molecule has 0 saturated heterocycles. The summed E-state index contributed by atoms with van der Waals surface area (Å²) >= 11 is 0. The zero-order chi connectivity index (χ0) is 23.5. The molecule has 1 atom stereocenters.